The maximum Gasteiger partial charge on any atom is 0.416 e. The maximum atomic E-state index is 12.9. The number of halogens is 3. The van der Waals surface area contributed by atoms with E-state index in [1.165, 1.54) is 6.07 Å². The number of benzene rings is 1. The smallest absolute Gasteiger partial charge is 0.416 e. The summed E-state index contributed by atoms with van der Waals surface area (Å²) in [5, 5.41) is 8.87. The summed E-state index contributed by atoms with van der Waals surface area (Å²) >= 11 is 0. The summed E-state index contributed by atoms with van der Waals surface area (Å²) in [6, 6.07) is 2.87. The molecule has 2 atom stereocenters. The second-order valence-electron chi connectivity index (χ2n) is 6.40. The number of aliphatic carboxylic acids is 1. The lowest BCUT2D eigenvalue weighted by Crippen LogP contribution is -2.39. The fourth-order valence-corrected chi connectivity index (χ4v) is 2.15. The molecule has 0 aliphatic heterocycles. The topological polar surface area (TPSA) is 89.6 Å². The van der Waals surface area contributed by atoms with E-state index in [9.17, 15) is 22.8 Å². The van der Waals surface area contributed by atoms with Gasteiger partial charge in [-0.25, -0.2) is 0 Å². The van der Waals surface area contributed by atoms with Crippen LogP contribution in [0, 0.1) is 0 Å². The first-order valence-corrected chi connectivity index (χ1v) is 7.18. The maximum absolute atomic E-state index is 12.9. The highest BCUT2D eigenvalue weighted by molar-refractivity contribution is 5.81. The predicted molar refractivity (Wildman–Crippen MR) is 80.3 cm³/mol. The first-order valence-electron chi connectivity index (χ1n) is 7.18. The monoisotopic (exact) mass is 347 g/mol. The van der Waals surface area contributed by atoms with Crippen LogP contribution in [0.15, 0.2) is 24.3 Å². The van der Waals surface area contributed by atoms with Crippen LogP contribution in [-0.2, 0) is 20.5 Å². The highest BCUT2D eigenvalue weighted by Gasteiger charge is 2.36. The second-order valence-corrected chi connectivity index (χ2v) is 6.40. The molecule has 24 heavy (non-hydrogen) atoms. The number of rotatable bonds is 5. The van der Waals surface area contributed by atoms with Crippen LogP contribution in [0.3, 0.4) is 0 Å². The number of carbonyl (C=O) groups is 2. The molecule has 0 saturated heterocycles. The first kappa shape index (κ1) is 20.0. The van der Waals surface area contributed by atoms with Crippen LogP contribution in [0.25, 0.3) is 0 Å². The number of nitrogens with two attached hydrogens (primary N) is 1. The van der Waals surface area contributed by atoms with E-state index in [1.54, 1.807) is 20.8 Å². The zero-order valence-electron chi connectivity index (χ0n) is 13.6. The number of hydrogen-bond donors (Lipinski definition) is 2. The third-order valence-corrected chi connectivity index (χ3v) is 3.07. The molecule has 0 amide bonds. The van der Waals surface area contributed by atoms with Crippen LogP contribution in [0.2, 0.25) is 0 Å². The molecule has 0 fully saturated rings. The Morgan fingerprint density at radius 2 is 1.83 bits per heavy atom. The summed E-state index contributed by atoms with van der Waals surface area (Å²) < 4.78 is 43.8. The Bertz CT molecular complexity index is 608. The van der Waals surface area contributed by atoms with E-state index in [0.29, 0.717) is 0 Å². The van der Waals surface area contributed by atoms with Gasteiger partial charge in [-0.15, -0.1) is 0 Å². The van der Waals surface area contributed by atoms with Gasteiger partial charge in [0.2, 0.25) is 0 Å². The zero-order valence-corrected chi connectivity index (χ0v) is 13.6. The van der Waals surface area contributed by atoms with Crippen molar-refractivity contribution in [3.63, 3.8) is 0 Å². The summed E-state index contributed by atoms with van der Waals surface area (Å²) in [5.74, 6) is -3.44. The van der Waals surface area contributed by atoms with Gasteiger partial charge in [-0.1, -0.05) is 18.2 Å². The minimum atomic E-state index is -4.59. The highest BCUT2D eigenvalue weighted by atomic mass is 19.4. The van der Waals surface area contributed by atoms with Crippen LogP contribution in [0.1, 0.15) is 44.2 Å². The van der Waals surface area contributed by atoms with E-state index in [2.05, 4.69) is 0 Å². The van der Waals surface area contributed by atoms with Gasteiger partial charge in [0.25, 0.3) is 0 Å². The van der Waals surface area contributed by atoms with Crippen molar-refractivity contribution >= 4 is 11.9 Å². The van der Waals surface area contributed by atoms with Crippen LogP contribution < -0.4 is 5.73 Å². The Morgan fingerprint density at radius 1 is 1.25 bits per heavy atom. The van der Waals surface area contributed by atoms with Crippen molar-refractivity contribution in [2.45, 2.75) is 50.9 Å². The molecular weight excluding hydrogens is 327 g/mol. The largest absolute Gasteiger partial charge is 0.481 e. The number of carboxylic acids is 1. The van der Waals surface area contributed by atoms with E-state index in [0.717, 1.165) is 18.2 Å². The van der Waals surface area contributed by atoms with Crippen LogP contribution >= 0.6 is 0 Å². The minimum absolute atomic E-state index is 0.0344. The SMILES string of the molecule is CC(C)(C)OC(=O)[C@H](c1cccc(C(F)(F)F)c1)[C@H](N)CC(=O)O. The third kappa shape index (κ3) is 5.84. The van der Waals surface area contributed by atoms with Gasteiger partial charge in [0.1, 0.15) is 5.60 Å². The lowest BCUT2D eigenvalue weighted by Gasteiger charge is -2.27. The average Bonchev–Trinajstić information content (AvgIpc) is 2.34. The van der Waals surface area contributed by atoms with Gasteiger partial charge < -0.3 is 15.6 Å². The molecular formula is C16H20F3NO4. The van der Waals surface area contributed by atoms with Gasteiger partial charge in [0.15, 0.2) is 0 Å². The Labute approximate surface area is 137 Å². The summed E-state index contributed by atoms with van der Waals surface area (Å²) in [6.07, 6.45) is -5.18. The van der Waals surface area contributed by atoms with Gasteiger partial charge in [0, 0.05) is 6.04 Å². The fourth-order valence-electron chi connectivity index (χ4n) is 2.15. The van der Waals surface area contributed by atoms with Crippen molar-refractivity contribution in [2.75, 3.05) is 0 Å². The van der Waals surface area contributed by atoms with Crippen molar-refractivity contribution in [1.29, 1.82) is 0 Å². The molecule has 0 bridgehead atoms. The number of esters is 1. The minimum Gasteiger partial charge on any atom is -0.481 e. The molecule has 134 valence electrons. The number of carbonyl (C=O) groups excluding carboxylic acids is 1. The molecule has 1 aromatic carbocycles. The number of hydrogen-bond acceptors (Lipinski definition) is 4. The molecule has 3 N–H and O–H groups in total. The molecule has 0 radical (unpaired) electrons. The Balaban J connectivity index is 3.27. The van der Waals surface area contributed by atoms with E-state index < -0.39 is 47.7 Å². The number of carboxylic acid groups (broad SMARTS) is 1. The van der Waals surface area contributed by atoms with E-state index >= 15 is 0 Å². The van der Waals surface area contributed by atoms with Crippen LogP contribution in [-0.4, -0.2) is 28.7 Å². The molecule has 0 aliphatic rings. The van der Waals surface area contributed by atoms with E-state index in [1.807, 2.05) is 0 Å². The van der Waals surface area contributed by atoms with Crippen LogP contribution in [0.4, 0.5) is 13.2 Å². The molecule has 0 spiro atoms. The number of ether oxygens (including phenoxy) is 1. The standard InChI is InChI=1S/C16H20F3NO4/c1-15(2,3)24-14(23)13(11(20)8-12(21)22)9-5-4-6-10(7-9)16(17,18)19/h4-7,11,13H,8,20H2,1-3H3,(H,21,22)/t11-,13-/m1/s1. The van der Waals surface area contributed by atoms with E-state index in [4.69, 9.17) is 15.6 Å². The summed E-state index contributed by atoms with van der Waals surface area (Å²) in [6.45, 7) is 4.78. The van der Waals surface area contributed by atoms with Gasteiger partial charge in [-0.2, -0.15) is 13.2 Å². The van der Waals surface area contributed by atoms with Crippen molar-refractivity contribution in [1.82, 2.24) is 0 Å². The van der Waals surface area contributed by atoms with Gasteiger partial charge in [-0.3, -0.25) is 9.59 Å². The van der Waals surface area contributed by atoms with Gasteiger partial charge >= 0.3 is 18.1 Å². The molecule has 0 saturated carbocycles. The van der Waals surface area contributed by atoms with Crippen molar-refractivity contribution in [2.24, 2.45) is 5.73 Å². The zero-order chi connectivity index (χ0) is 18.7. The van der Waals surface area contributed by atoms with Gasteiger partial charge in [-0.05, 0) is 32.4 Å². The Kier molecular flexibility index (Phi) is 5.99. The lowest BCUT2D eigenvalue weighted by molar-refractivity contribution is -0.157. The molecule has 0 unspecified atom stereocenters. The summed E-state index contributed by atoms with van der Waals surface area (Å²) in [7, 11) is 0. The quantitative estimate of drug-likeness (QED) is 0.800. The Morgan fingerprint density at radius 3 is 2.29 bits per heavy atom. The van der Waals surface area contributed by atoms with Crippen LogP contribution in [0.5, 0.6) is 0 Å². The van der Waals surface area contributed by atoms with Crippen molar-refractivity contribution in [3.05, 3.63) is 35.4 Å². The molecule has 0 aliphatic carbocycles. The molecule has 1 rings (SSSR count). The molecule has 0 heterocycles. The molecule has 1 aromatic rings. The second kappa shape index (κ2) is 7.21. The first-order chi connectivity index (χ1) is 10.8. The Hall–Kier alpha value is -2.09. The lowest BCUT2D eigenvalue weighted by atomic mass is 9.89. The van der Waals surface area contributed by atoms with E-state index in [-0.39, 0.29) is 5.56 Å². The average molecular weight is 347 g/mol. The van der Waals surface area contributed by atoms with Crippen molar-refractivity contribution < 1.29 is 32.6 Å². The normalized spacial score (nSPS) is 14.8. The molecule has 5 nitrogen and oxygen atoms in total. The third-order valence-electron chi connectivity index (χ3n) is 3.07. The number of alkyl halides is 3. The molecule has 8 heteroatoms. The predicted octanol–water partition coefficient (Wildman–Crippen LogP) is 2.93. The molecule has 0 aromatic heterocycles. The summed E-state index contributed by atoms with van der Waals surface area (Å²) in [5.41, 5.74) is 3.90. The van der Waals surface area contributed by atoms with Gasteiger partial charge in [0.05, 0.1) is 17.9 Å². The highest BCUT2D eigenvalue weighted by Crippen LogP contribution is 2.33. The fraction of sp³-hybridized carbons (Fsp3) is 0.500. The van der Waals surface area contributed by atoms with Crippen molar-refractivity contribution in [3.8, 4) is 0 Å². The summed E-state index contributed by atoms with van der Waals surface area (Å²) in [4.78, 5) is 23.2.